The van der Waals surface area contributed by atoms with Crippen molar-refractivity contribution >= 4 is 7.60 Å². The molecule has 0 bridgehead atoms. The van der Waals surface area contributed by atoms with E-state index in [-0.39, 0.29) is 5.41 Å². The molecule has 0 unspecified atom stereocenters. The molecule has 0 spiro atoms. The Balaban J connectivity index is 2.45. The van der Waals surface area contributed by atoms with E-state index < -0.39 is 7.60 Å². The number of rotatable bonds is 10. The van der Waals surface area contributed by atoms with Crippen LogP contribution in [0.1, 0.15) is 59.8 Å². The van der Waals surface area contributed by atoms with Gasteiger partial charge in [0.1, 0.15) is 0 Å². The highest BCUT2D eigenvalue weighted by Gasteiger charge is 2.48. The van der Waals surface area contributed by atoms with Gasteiger partial charge < -0.3 is 9.05 Å². The zero-order valence-corrected chi connectivity index (χ0v) is 13.3. The average molecular weight is 276 g/mol. The molecule has 0 aliphatic heterocycles. The van der Waals surface area contributed by atoms with Crippen molar-refractivity contribution in [3.8, 4) is 0 Å². The van der Waals surface area contributed by atoms with Gasteiger partial charge in [-0.15, -0.1) is 0 Å². The lowest BCUT2D eigenvalue weighted by molar-refractivity contribution is 0.213. The normalized spacial score (nSPS) is 18.3. The maximum absolute atomic E-state index is 12.5. The second-order valence-corrected chi connectivity index (χ2v) is 7.95. The van der Waals surface area contributed by atoms with E-state index in [1.54, 1.807) is 0 Å². The molecule has 1 aliphatic carbocycles. The van der Waals surface area contributed by atoms with Gasteiger partial charge in [0.15, 0.2) is 0 Å². The second kappa shape index (κ2) is 7.07. The third-order valence-electron chi connectivity index (χ3n) is 3.63. The average Bonchev–Trinajstić information content (AvgIpc) is 2.97. The Hall–Kier alpha value is 0.150. The lowest BCUT2D eigenvalue weighted by Crippen LogP contribution is -2.12. The largest absolute Gasteiger partial charge is 0.331 e. The summed E-state index contributed by atoms with van der Waals surface area (Å²) in [7, 11) is -2.84. The predicted molar refractivity (Wildman–Crippen MR) is 76.1 cm³/mol. The van der Waals surface area contributed by atoms with Crippen molar-refractivity contribution in [2.45, 2.75) is 59.8 Å². The van der Waals surface area contributed by atoms with Gasteiger partial charge in [-0.1, -0.05) is 26.7 Å². The van der Waals surface area contributed by atoms with Crippen molar-refractivity contribution in [3.63, 3.8) is 0 Å². The summed E-state index contributed by atoms with van der Waals surface area (Å²) in [5.74, 6) is 0.756. The number of hydrogen-bond acceptors (Lipinski definition) is 3. The quantitative estimate of drug-likeness (QED) is 0.534. The Bertz CT molecular complexity index is 275. The molecule has 1 saturated carbocycles. The summed E-state index contributed by atoms with van der Waals surface area (Å²) in [5, 5.41) is 0. The van der Waals surface area contributed by atoms with Crippen molar-refractivity contribution in [1.82, 2.24) is 0 Å². The van der Waals surface area contributed by atoms with E-state index in [1.165, 1.54) is 32.1 Å². The summed E-state index contributed by atoms with van der Waals surface area (Å²) in [6.07, 6.45) is 6.67. The van der Waals surface area contributed by atoms with Crippen molar-refractivity contribution < 1.29 is 13.6 Å². The molecule has 0 N–H and O–H groups in total. The SMILES string of the molecule is CCOP(=O)(CC1(CCCC(C)C)CC1)OCC. The summed E-state index contributed by atoms with van der Waals surface area (Å²) in [6.45, 7) is 9.21. The van der Waals surface area contributed by atoms with Crippen LogP contribution in [0.3, 0.4) is 0 Å². The van der Waals surface area contributed by atoms with E-state index in [9.17, 15) is 4.57 Å². The fraction of sp³-hybridized carbons (Fsp3) is 1.00. The Morgan fingerprint density at radius 1 is 1.17 bits per heavy atom. The van der Waals surface area contributed by atoms with Gasteiger partial charge in [0.25, 0.3) is 0 Å². The van der Waals surface area contributed by atoms with E-state index in [2.05, 4.69) is 13.8 Å². The van der Waals surface area contributed by atoms with Crippen LogP contribution >= 0.6 is 7.60 Å². The van der Waals surface area contributed by atoms with Crippen molar-refractivity contribution in [2.24, 2.45) is 11.3 Å². The van der Waals surface area contributed by atoms with Gasteiger partial charge in [-0.2, -0.15) is 0 Å². The first-order valence-corrected chi connectivity index (χ1v) is 9.06. The van der Waals surface area contributed by atoms with Crippen LogP contribution in [0.2, 0.25) is 0 Å². The minimum atomic E-state index is -2.84. The smallest absolute Gasteiger partial charge is 0.309 e. The van der Waals surface area contributed by atoms with Crippen LogP contribution in [0.15, 0.2) is 0 Å². The van der Waals surface area contributed by atoms with Crippen LogP contribution in [-0.4, -0.2) is 19.4 Å². The lowest BCUT2D eigenvalue weighted by Gasteiger charge is -2.23. The molecule has 4 heteroatoms. The van der Waals surface area contributed by atoms with Crippen LogP contribution in [0, 0.1) is 11.3 Å². The summed E-state index contributed by atoms with van der Waals surface area (Å²) in [4.78, 5) is 0. The molecule has 108 valence electrons. The minimum Gasteiger partial charge on any atom is -0.309 e. The van der Waals surface area contributed by atoms with Gasteiger partial charge in [-0.05, 0) is 44.4 Å². The molecular weight excluding hydrogens is 247 g/mol. The molecule has 1 rings (SSSR count). The third-order valence-corrected chi connectivity index (χ3v) is 5.99. The highest BCUT2D eigenvalue weighted by molar-refractivity contribution is 7.53. The third kappa shape index (κ3) is 5.42. The Morgan fingerprint density at radius 2 is 1.72 bits per heavy atom. The standard InChI is InChI=1S/C14H29O3P/c1-5-16-18(15,17-6-2)12-14(10-11-14)9-7-8-13(3)4/h13H,5-12H2,1-4H3. The molecule has 0 amide bonds. The van der Waals surface area contributed by atoms with E-state index in [1.807, 2.05) is 13.8 Å². The van der Waals surface area contributed by atoms with Gasteiger partial charge in [0.05, 0.1) is 19.4 Å². The summed E-state index contributed by atoms with van der Waals surface area (Å²) in [6, 6.07) is 0. The molecular formula is C14H29O3P. The molecule has 0 saturated heterocycles. The summed E-state index contributed by atoms with van der Waals surface area (Å²) < 4.78 is 23.3. The Labute approximate surface area is 112 Å². The van der Waals surface area contributed by atoms with Crippen molar-refractivity contribution in [2.75, 3.05) is 19.4 Å². The zero-order valence-electron chi connectivity index (χ0n) is 12.4. The molecule has 3 nitrogen and oxygen atoms in total. The van der Waals surface area contributed by atoms with Gasteiger partial charge in [-0.25, -0.2) is 0 Å². The van der Waals surface area contributed by atoms with Gasteiger partial charge in [0.2, 0.25) is 0 Å². The van der Waals surface area contributed by atoms with Crippen LogP contribution < -0.4 is 0 Å². The summed E-state index contributed by atoms with van der Waals surface area (Å²) in [5.41, 5.74) is 0.259. The van der Waals surface area contributed by atoms with Crippen LogP contribution in [0.25, 0.3) is 0 Å². The highest BCUT2D eigenvalue weighted by atomic mass is 31.2. The van der Waals surface area contributed by atoms with E-state index in [4.69, 9.17) is 9.05 Å². The molecule has 0 heterocycles. The van der Waals surface area contributed by atoms with Crippen LogP contribution in [0.4, 0.5) is 0 Å². The first kappa shape index (κ1) is 16.2. The second-order valence-electron chi connectivity index (χ2n) is 5.89. The first-order valence-electron chi connectivity index (χ1n) is 7.33. The zero-order chi connectivity index (χ0) is 13.6. The maximum atomic E-state index is 12.5. The Kier molecular flexibility index (Phi) is 6.37. The molecule has 1 fully saturated rings. The molecule has 0 radical (unpaired) electrons. The summed E-state index contributed by atoms with van der Waals surface area (Å²) >= 11 is 0. The first-order chi connectivity index (χ1) is 8.45. The van der Waals surface area contributed by atoms with Crippen LogP contribution in [0.5, 0.6) is 0 Å². The topological polar surface area (TPSA) is 35.5 Å². The molecule has 0 aromatic rings. The van der Waals surface area contributed by atoms with Gasteiger partial charge in [0, 0.05) is 0 Å². The minimum absolute atomic E-state index is 0.259. The fourth-order valence-electron chi connectivity index (χ4n) is 2.48. The molecule has 18 heavy (non-hydrogen) atoms. The fourth-order valence-corrected chi connectivity index (χ4v) is 4.82. The van der Waals surface area contributed by atoms with Crippen molar-refractivity contribution in [3.05, 3.63) is 0 Å². The predicted octanol–water partition coefficient (Wildman–Crippen LogP) is 4.86. The van der Waals surface area contributed by atoms with Crippen molar-refractivity contribution in [1.29, 1.82) is 0 Å². The lowest BCUT2D eigenvalue weighted by atomic mass is 9.98. The van der Waals surface area contributed by atoms with Crippen LogP contribution in [-0.2, 0) is 13.6 Å². The van der Waals surface area contributed by atoms with E-state index >= 15 is 0 Å². The Morgan fingerprint density at radius 3 is 2.11 bits per heavy atom. The van der Waals surface area contributed by atoms with E-state index in [0.717, 1.165) is 5.92 Å². The van der Waals surface area contributed by atoms with Gasteiger partial charge in [-0.3, -0.25) is 4.57 Å². The number of hydrogen-bond donors (Lipinski definition) is 0. The molecule has 0 atom stereocenters. The highest BCUT2D eigenvalue weighted by Crippen LogP contribution is 2.62. The van der Waals surface area contributed by atoms with Gasteiger partial charge >= 0.3 is 7.60 Å². The molecule has 0 aromatic carbocycles. The van der Waals surface area contributed by atoms with E-state index in [0.29, 0.717) is 19.4 Å². The monoisotopic (exact) mass is 276 g/mol. The molecule has 0 aromatic heterocycles. The maximum Gasteiger partial charge on any atom is 0.331 e. The molecule has 1 aliphatic rings.